The number of hydrogen-bond acceptors (Lipinski definition) is 7. The van der Waals surface area contributed by atoms with E-state index in [-0.39, 0.29) is 12.4 Å². The molecule has 0 aliphatic carbocycles. The molecule has 8 heteroatoms. The molecular formula is C27H16N4O3S. The van der Waals surface area contributed by atoms with E-state index in [0.29, 0.717) is 32.4 Å². The Hall–Kier alpha value is -4.56. The van der Waals surface area contributed by atoms with Gasteiger partial charge < -0.3 is 14.5 Å². The van der Waals surface area contributed by atoms with E-state index in [1.165, 1.54) is 11.3 Å². The topological polar surface area (TPSA) is 90.0 Å². The molecule has 0 spiro atoms. The summed E-state index contributed by atoms with van der Waals surface area (Å²) in [4.78, 5) is 21.7. The van der Waals surface area contributed by atoms with Crippen LogP contribution in [0.25, 0.3) is 54.2 Å². The second kappa shape index (κ2) is 7.75. The van der Waals surface area contributed by atoms with E-state index in [4.69, 9.17) is 14.5 Å². The number of nitrogens with zero attached hydrogens (tertiary/aromatic N) is 3. The van der Waals surface area contributed by atoms with E-state index in [1.54, 1.807) is 0 Å². The molecule has 1 aliphatic rings. The molecule has 0 amide bonds. The van der Waals surface area contributed by atoms with Crippen molar-refractivity contribution in [3.63, 3.8) is 0 Å². The molecule has 0 saturated heterocycles. The molecular weight excluding hydrogens is 460 g/mol. The van der Waals surface area contributed by atoms with Crippen LogP contribution in [0.4, 0.5) is 0 Å². The third kappa shape index (κ3) is 3.18. The summed E-state index contributed by atoms with van der Waals surface area (Å²) in [6, 6.07) is 25.5. The van der Waals surface area contributed by atoms with Gasteiger partial charge in [-0.2, -0.15) is 0 Å². The fourth-order valence-electron chi connectivity index (χ4n) is 4.40. The number of ether oxygens (including phenoxy) is 2. The predicted octanol–water partition coefficient (Wildman–Crippen LogP) is 5.66. The van der Waals surface area contributed by atoms with Crippen LogP contribution in [0, 0.1) is 0 Å². The summed E-state index contributed by atoms with van der Waals surface area (Å²) < 4.78 is 11.5. The Balaban J connectivity index is 1.56. The Kier molecular flexibility index (Phi) is 4.40. The molecule has 3 aromatic heterocycles. The number of hydrogen-bond donors (Lipinski definition) is 1. The highest BCUT2D eigenvalue weighted by Crippen LogP contribution is 2.42. The molecule has 0 radical (unpaired) electrons. The average molecular weight is 477 g/mol. The van der Waals surface area contributed by atoms with Gasteiger partial charge in [0.2, 0.25) is 6.79 Å². The highest BCUT2D eigenvalue weighted by atomic mass is 32.1. The summed E-state index contributed by atoms with van der Waals surface area (Å²) in [6.45, 7) is 0.179. The van der Waals surface area contributed by atoms with Gasteiger partial charge in [0.1, 0.15) is 21.0 Å². The van der Waals surface area contributed by atoms with Crippen molar-refractivity contribution >= 4 is 31.8 Å². The second-order valence-electron chi connectivity index (χ2n) is 8.10. The summed E-state index contributed by atoms with van der Waals surface area (Å²) in [5.74, 6) is 1.76. The number of aromatic nitrogens is 4. The maximum atomic E-state index is 13.2. The van der Waals surface area contributed by atoms with Gasteiger partial charge in [-0.3, -0.25) is 4.79 Å². The third-order valence-electron chi connectivity index (χ3n) is 6.01. The van der Waals surface area contributed by atoms with Crippen LogP contribution < -0.4 is 15.0 Å². The number of H-pyrrole nitrogens is 1. The molecule has 168 valence electrons. The zero-order valence-corrected chi connectivity index (χ0v) is 19.0. The maximum Gasteiger partial charge on any atom is 0.269 e. The van der Waals surface area contributed by atoms with Crippen LogP contribution in [0.1, 0.15) is 0 Å². The molecule has 4 heterocycles. The summed E-state index contributed by atoms with van der Waals surface area (Å²) in [5.41, 5.74) is 4.70. The maximum absolute atomic E-state index is 13.2. The first-order valence-electron chi connectivity index (χ1n) is 11.0. The van der Waals surface area contributed by atoms with Gasteiger partial charge in [0.25, 0.3) is 5.56 Å². The molecule has 3 aromatic carbocycles. The minimum Gasteiger partial charge on any atom is -0.454 e. The largest absolute Gasteiger partial charge is 0.454 e. The van der Waals surface area contributed by atoms with Gasteiger partial charge in [0, 0.05) is 22.1 Å². The normalized spacial score (nSPS) is 12.5. The molecule has 0 atom stereocenters. The molecule has 1 N–H and O–H groups in total. The average Bonchev–Trinajstić information content (AvgIpc) is 3.53. The van der Waals surface area contributed by atoms with E-state index in [2.05, 4.69) is 15.2 Å². The van der Waals surface area contributed by atoms with E-state index in [9.17, 15) is 4.79 Å². The fraction of sp³-hybridized carbons (Fsp3) is 0.0370. The van der Waals surface area contributed by atoms with E-state index < -0.39 is 0 Å². The number of nitrogens with one attached hydrogen (secondary N) is 1. The van der Waals surface area contributed by atoms with Crippen LogP contribution in [0.3, 0.4) is 0 Å². The van der Waals surface area contributed by atoms with Crippen LogP contribution in [-0.4, -0.2) is 27.0 Å². The highest BCUT2D eigenvalue weighted by molar-refractivity contribution is 7.25. The predicted molar refractivity (Wildman–Crippen MR) is 136 cm³/mol. The second-order valence-corrected chi connectivity index (χ2v) is 9.10. The Morgan fingerprint density at radius 3 is 2.34 bits per heavy atom. The first-order chi connectivity index (χ1) is 17.3. The standard InChI is InChI=1S/C27H16N4O3S/c32-26-24-23(28-25(29-26)17-11-12-18-19(13-17)34-14-33-18)21-20(15-7-3-1-4-8-15)22(30-31-27(21)35-24)16-9-5-2-6-10-16/h1-13H,14H2,(H,28,29,32). The van der Waals surface area contributed by atoms with Crippen LogP contribution in [-0.2, 0) is 0 Å². The van der Waals surface area contributed by atoms with Crippen molar-refractivity contribution in [2.75, 3.05) is 6.79 Å². The summed E-state index contributed by atoms with van der Waals surface area (Å²) in [7, 11) is 0. The van der Waals surface area contributed by atoms with Gasteiger partial charge in [0.15, 0.2) is 11.5 Å². The molecule has 35 heavy (non-hydrogen) atoms. The first-order valence-corrected chi connectivity index (χ1v) is 11.8. The van der Waals surface area contributed by atoms with Crippen LogP contribution in [0.5, 0.6) is 11.5 Å². The zero-order valence-electron chi connectivity index (χ0n) is 18.2. The SMILES string of the molecule is O=c1[nH]c(-c2ccc3c(c2)OCO3)nc2c1sc1nnc(-c3ccccc3)c(-c3ccccc3)c12. The van der Waals surface area contributed by atoms with Crippen molar-refractivity contribution in [3.05, 3.63) is 89.2 Å². The molecule has 7 rings (SSSR count). The van der Waals surface area contributed by atoms with E-state index in [0.717, 1.165) is 33.3 Å². The monoisotopic (exact) mass is 476 g/mol. The molecule has 0 unspecified atom stereocenters. The van der Waals surface area contributed by atoms with Gasteiger partial charge in [0.05, 0.1) is 5.52 Å². The lowest BCUT2D eigenvalue weighted by atomic mass is 9.97. The molecule has 0 fully saturated rings. The quantitative estimate of drug-likeness (QED) is 0.355. The number of benzene rings is 3. The molecule has 0 bridgehead atoms. The molecule has 0 saturated carbocycles. The molecule has 6 aromatic rings. The minimum atomic E-state index is -0.217. The van der Waals surface area contributed by atoms with Crippen molar-refractivity contribution in [3.8, 4) is 45.3 Å². The Bertz CT molecular complexity index is 1800. The summed E-state index contributed by atoms with van der Waals surface area (Å²) in [6.07, 6.45) is 0. The summed E-state index contributed by atoms with van der Waals surface area (Å²) >= 11 is 1.30. The van der Waals surface area contributed by atoms with Gasteiger partial charge in [-0.05, 0) is 23.8 Å². The Morgan fingerprint density at radius 2 is 1.54 bits per heavy atom. The Labute approximate surface area is 202 Å². The van der Waals surface area contributed by atoms with Crippen molar-refractivity contribution in [2.45, 2.75) is 0 Å². The Morgan fingerprint density at radius 1 is 0.800 bits per heavy atom. The van der Waals surface area contributed by atoms with Crippen molar-refractivity contribution in [1.82, 2.24) is 20.2 Å². The number of fused-ring (bicyclic) bond motifs is 4. The lowest BCUT2D eigenvalue weighted by molar-refractivity contribution is 0.174. The van der Waals surface area contributed by atoms with E-state index >= 15 is 0 Å². The third-order valence-corrected chi connectivity index (χ3v) is 7.07. The van der Waals surface area contributed by atoms with Crippen LogP contribution in [0.2, 0.25) is 0 Å². The zero-order chi connectivity index (χ0) is 23.4. The number of thiophene rings is 1. The first kappa shape index (κ1) is 19.9. The lowest BCUT2D eigenvalue weighted by Crippen LogP contribution is -2.07. The number of aromatic amines is 1. The molecule has 1 aliphatic heterocycles. The van der Waals surface area contributed by atoms with Gasteiger partial charge in [-0.25, -0.2) is 4.98 Å². The van der Waals surface area contributed by atoms with Gasteiger partial charge in [-0.1, -0.05) is 60.7 Å². The van der Waals surface area contributed by atoms with Crippen molar-refractivity contribution in [1.29, 1.82) is 0 Å². The smallest absolute Gasteiger partial charge is 0.269 e. The van der Waals surface area contributed by atoms with Gasteiger partial charge in [-0.15, -0.1) is 21.5 Å². The van der Waals surface area contributed by atoms with Gasteiger partial charge >= 0.3 is 0 Å². The van der Waals surface area contributed by atoms with Crippen LogP contribution in [0.15, 0.2) is 83.7 Å². The summed E-state index contributed by atoms with van der Waals surface area (Å²) in [5, 5.41) is 9.92. The number of rotatable bonds is 3. The molecule has 7 nitrogen and oxygen atoms in total. The van der Waals surface area contributed by atoms with E-state index in [1.807, 2.05) is 78.9 Å². The highest BCUT2D eigenvalue weighted by Gasteiger charge is 2.22. The fourth-order valence-corrected chi connectivity index (χ4v) is 5.36. The minimum absolute atomic E-state index is 0.179. The van der Waals surface area contributed by atoms with Crippen molar-refractivity contribution in [2.24, 2.45) is 0 Å². The van der Waals surface area contributed by atoms with Crippen molar-refractivity contribution < 1.29 is 9.47 Å². The van der Waals surface area contributed by atoms with Crippen LogP contribution >= 0.6 is 11.3 Å². The lowest BCUT2D eigenvalue weighted by Gasteiger charge is -2.10.